The summed E-state index contributed by atoms with van der Waals surface area (Å²) in [5.74, 6) is 5.62. The van der Waals surface area contributed by atoms with Crippen molar-refractivity contribution in [2.24, 2.45) is 29.1 Å². The molecule has 4 aliphatic carbocycles. The van der Waals surface area contributed by atoms with Gasteiger partial charge in [0, 0.05) is 18.7 Å². The Kier molecular flexibility index (Phi) is 7.60. The van der Waals surface area contributed by atoms with Gasteiger partial charge in [-0.05, 0) is 67.3 Å². The van der Waals surface area contributed by atoms with E-state index in [1.807, 2.05) is 38.1 Å². The Morgan fingerprint density at radius 1 is 1.12 bits per heavy atom. The molecule has 2 unspecified atom stereocenters. The fourth-order valence-corrected chi connectivity index (χ4v) is 7.16. The average Bonchev–Trinajstić information content (AvgIpc) is 2.87. The molecule has 1 aromatic heterocycles. The van der Waals surface area contributed by atoms with E-state index in [2.05, 4.69) is 33.6 Å². The minimum atomic E-state index is 0.366. The summed E-state index contributed by atoms with van der Waals surface area (Å²) in [6.45, 7) is 7.84. The Morgan fingerprint density at radius 3 is 2.53 bits per heavy atom. The summed E-state index contributed by atoms with van der Waals surface area (Å²) < 4.78 is 5.43. The molecule has 2 aromatic rings. The van der Waals surface area contributed by atoms with E-state index in [0.717, 1.165) is 41.5 Å². The first kappa shape index (κ1) is 24.3. The summed E-state index contributed by atoms with van der Waals surface area (Å²) in [6, 6.07) is 10.2. The number of hydrogen-bond donors (Lipinski definition) is 2. The van der Waals surface area contributed by atoms with Crippen LogP contribution in [-0.4, -0.2) is 23.6 Å². The van der Waals surface area contributed by atoms with Crippen molar-refractivity contribution in [1.82, 2.24) is 9.97 Å². The summed E-state index contributed by atoms with van der Waals surface area (Å²) in [6.07, 6.45) is 9.81. The highest BCUT2D eigenvalue weighted by Gasteiger charge is 2.54. The van der Waals surface area contributed by atoms with Crippen LogP contribution < -0.4 is 15.4 Å². The molecule has 34 heavy (non-hydrogen) atoms. The fourth-order valence-electron chi connectivity index (χ4n) is 7.16. The van der Waals surface area contributed by atoms with Gasteiger partial charge in [0.1, 0.15) is 23.2 Å². The minimum Gasteiger partial charge on any atom is -0.496 e. The molecule has 6 heteroatoms. The van der Waals surface area contributed by atoms with E-state index < -0.39 is 0 Å². The van der Waals surface area contributed by atoms with Crippen molar-refractivity contribution < 1.29 is 4.74 Å². The Morgan fingerprint density at radius 2 is 1.85 bits per heavy atom. The van der Waals surface area contributed by atoms with Crippen molar-refractivity contribution in [3.8, 4) is 11.8 Å². The minimum absolute atomic E-state index is 0.366. The van der Waals surface area contributed by atoms with Gasteiger partial charge in [-0.3, -0.25) is 0 Å². The highest BCUT2D eigenvalue weighted by Crippen LogP contribution is 2.62. The zero-order valence-corrected chi connectivity index (χ0v) is 21.1. The van der Waals surface area contributed by atoms with Gasteiger partial charge in [0.2, 0.25) is 5.95 Å². The van der Waals surface area contributed by atoms with Crippen molar-refractivity contribution in [3.63, 3.8) is 0 Å². The van der Waals surface area contributed by atoms with E-state index in [-0.39, 0.29) is 0 Å². The smallest absolute Gasteiger partial charge is 0.224 e. The summed E-state index contributed by atoms with van der Waals surface area (Å²) in [7, 11) is 1.67. The van der Waals surface area contributed by atoms with Gasteiger partial charge < -0.3 is 15.4 Å². The zero-order valence-electron chi connectivity index (χ0n) is 21.1. The second-order valence-corrected chi connectivity index (χ2v) is 10.1. The zero-order chi connectivity index (χ0) is 24.1. The van der Waals surface area contributed by atoms with Gasteiger partial charge in [0.25, 0.3) is 0 Å². The van der Waals surface area contributed by atoms with Crippen molar-refractivity contribution in [2.75, 3.05) is 24.3 Å². The number of ether oxygens (including phenoxy) is 1. The Balaban J connectivity index is 0.00000133. The molecule has 0 saturated heterocycles. The highest BCUT2D eigenvalue weighted by atomic mass is 16.5. The summed E-state index contributed by atoms with van der Waals surface area (Å²) in [4.78, 5) is 9.02. The lowest BCUT2D eigenvalue weighted by molar-refractivity contribution is -0.0893. The topological polar surface area (TPSA) is 82.9 Å². The largest absolute Gasteiger partial charge is 0.496 e. The molecule has 2 atom stereocenters. The molecule has 4 aliphatic rings. The number of nitriles is 1. The predicted molar refractivity (Wildman–Crippen MR) is 137 cm³/mol. The number of methoxy groups -OCH3 is 1. The summed E-state index contributed by atoms with van der Waals surface area (Å²) >= 11 is 0. The molecule has 0 spiro atoms. The van der Waals surface area contributed by atoms with Crippen molar-refractivity contribution in [2.45, 2.75) is 65.8 Å². The maximum Gasteiger partial charge on any atom is 0.224 e. The number of hydrogen-bond acceptors (Lipinski definition) is 6. The van der Waals surface area contributed by atoms with Crippen molar-refractivity contribution >= 4 is 11.8 Å². The van der Waals surface area contributed by atoms with Gasteiger partial charge in [-0.1, -0.05) is 45.4 Å². The van der Waals surface area contributed by atoms with Crippen molar-refractivity contribution in [3.05, 3.63) is 41.6 Å². The van der Waals surface area contributed by atoms with E-state index in [1.54, 1.807) is 13.3 Å². The molecule has 182 valence electrons. The molecule has 1 aromatic carbocycles. The molecule has 6 rings (SSSR count). The van der Waals surface area contributed by atoms with Crippen LogP contribution in [0.4, 0.5) is 11.8 Å². The lowest BCUT2D eigenvalue weighted by atomic mass is 9.46. The number of anilines is 2. The molecular formula is C28H39N5O. The van der Waals surface area contributed by atoms with Crippen LogP contribution in [0.25, 0.3) is 0 Å². The number of benzene rings is 1. The lowest BCUT2D eigenvalue weighted by Gasteiger charge is -2.60. The van der Waals surface area contributed by atoms with Crippen LogP contribution in [0.1, 0.15) is 70.4 Å². The molecule has 0 radical (unpaired) electrons. The molecule has 0 amide bonds. The van der Waals surface area contributed by atoms with Crippen LogP contribution in [0.2, 0.25) is 0 Å². The first-order valence-electron chi connectivity index (χ1n) is 13.0. The van der Waals surface area contributed by atoms with Gasteiger partial charge >= 0.3 is 0 Å². The van der Waals surface area contributed by atoms with E-state index in [0.29, 0.717) is 29.3 Å². The van der Waals surface area contributed by atoms with Crippen LogP contribution in [0, 0.1) is 40.4 Å². The third-order valence-corrected chi connectivity index (χ3v) is 8.24. The average molecular weight is 462 g/mol. The van der Waals surface area contributed by atoms with Crippen LogP contribution in [0.5, 0.6) is 5.75 Å². The normalized spacial score (nSPS) is 28.4. The number of para-hydroxylation sites is 1. The van der Waals surface area contributed by atoms with Gasteiger partial charge in [-0.25, -0.2) is 4.98 Å². The number of aromatic nitrogens is 2. The maximum absolute atomic E-state index is 9.61. The standard InChI is InChI=1S/C26H33N5O.C2H6/c1-3-22-19-8-17-9-20(22)12-26(10-17,11-19)16-30-24-21(13-27)15-29-25(31-24)28-14-18-6-4-5-7-23(18)32-2;1-2/h4-7,15,17,19-20,22H,3,8-12,14,16H2,1-2H3,(H2,28,29,30,31);1-2H3. The first-order valence-corrected chi connectivity index (χ1v) is 13.0. The van der Waals surface area contributed by atoms with Crippen LogP contribution in [-0.2, 0) is 6.54 Å². The van der Waals surface area contributed by atoms with Gasteiger partial charge in [0.05, 0.1) is 13.3 Å². The van der Waals surface area contributed by atoms with Crippen LogP contribution in [0.15, 0.2) is 30.5 Å². The van der Waals surface area contributed by atoms with Gasteiger partial charge in [-0.15, -0.1) is 0 Å². The lowest BCUT2D eigenvalue weighted by Crippen LogP contribution is -2.53. The Bertz CT molecular complexity index is 1000. The third-order valence-electron chi connectivity index (χ3n) is 8.24. The van der Waals surface area contributed by atoms with E-state index in [9.17, 15) is 5.26 Å². The second-order valence-electron chi connectivity index (χ2n) is 10.1. The molecule has 1 heterocycles. The fraction of sp³-hybridized carbons (Fsp3) is 0.607. The molecular weight excluding hydrogens is 422 g/mol. The van der Waals surface area contributed by atoms with Gasteiger partial charge in [-0.2, -0.15) is 10.2 Å². The quantitative estimate of drug-likeness (QED) is 0.483. The summed E-state index contributed by atoms with van der Waals surface area (Å²) in [5, 5.41) is 16.5. The Labute approximate surface area is 204 Å². The monoisotopic (exact) mass is 461 g/mol. The molecule has 4 fully saturated rings. The van der Waals surface area contributed by atoms with E-state index in [4.69, 9.17) is 4.74 Å². The highest BCUT2D eigenvalue weighted by molar-refractivity contribution is 5.53. The first-order chi connectivity index (χ1) is 16.6. The molecule has 4 saturated carbocycles. The summed E-state index contributed by atoms with van der Waals surface area (Å²) in [5.41, 5.74) is 1.91. The number of nitrogens with one attached hydrogen (secondary N) is 2. The van der Waals surface area contributed by atoms with Crippen LogP contribution >= 0.6 is 0 Å². The number of rotatable bonds is 8. The predicted octanol–water partition coefficient (Wildman–Crippen LogP) is 6.26. The molecule has 6 nitrogen and oxygen atoms in total. The molecule has 0 aliphatic heterocycles. The Hall–Kier alpha value is -2.81. The van der Waals surface area contributed by atoms with Gasteiger partial charge in [0.15, 0.2) is 0 Å². The second kappa shape index (κ2) is 10.6. The molecule has 4 bridgehead atoms. The van der Waals surface area contributed by atoms with Crippen molar-refractivity contribution in [1.29, 1.82) is 5.26 Å². The molecule has 2 N–H and O–H groups in total. The van der Waals surface area contributed by atoms with E-state index in [1.165, 1.54) is 38.5 Å². The SMILES string of the molecule is CC.CCC1C2CC3CC1CC(CNc1nc(NCc4ccccc4OC)ncc1C#N)(C3)C2. The van der Waals surface area contributed by atoms with Crippen LogP contribution in [0.3, 0.4) is 0 Å². The van der Waals surface area contributed by atoms with E-state index >= 15 is 0 Å². The third kappa shape index (κ3) is 4.85. The number of nitrogens with zero attached hydrogens (tertiary/aromatic N) is 3. The maximum atomic E-state index is 9.61.